The Morgan fingerprint density at radius 1 is 0.529 bits per heavy atom. The van der Waals surface area contributed by atoms with Crippen molar-refractivity contribution in [2.24, 2.45) is 0 Å². The predicted molar refractivity (Wildman–Crippen MR) is 126 cm³/mol. The summed E-state index contributed by atoms with van der Waals surface area (Å²) in [6.45, 7) is -0.332. The zero-order valence-electron chi connectivity index (χ0n) is 18.8. The molecular weight excluding hydrogens is 436 g/mol. The minimum atomic E-state index is -0.441. The molecule has 0 spiro atoms. The van der Waals surface area contributed by atoms with Crippen molar-refractivity contribution in [3.05, 3.63) is 95.1 Å². The van der Waals surface area contributed by atoms with Crippen LogP contribution in [0.2, 0.25) is 0 Å². The fraction of sp³-hybridized carbons (Fsp3) is 0.154. The second-order valence-corrected chi connectivity index (χ2v) is 7.25. The van der Waals surface area contributed by atoms with Gasteiger partial charge in [-0.25, -0.2) is 0 Å². The largest absolute Gasteiger partial charge is 0.497 e. The van der Waals surface area contributed by atoms with E-state index in [1.54, 1.807) is 48.5 Å². The van der Waals surface area contributed by atoms with Crippen molar-refractivity contribution in [3.8, 4) is 11.5 Å². The van der Waals surface area contributed by atoms with E-state index < -0.39 is 11.8 Å². The highest BCUT2D eigenvalue weighted by atomic mass is 16.5. The highest BCUT2D eigenvalue weighted by molar-refractivity contribution is 6.04. The number of hydrogen-bond donors (Lipinski definition) is 2. The standard InChI is InChI=1S/C26H24N2O6/c1-33-21-11-7-17(8-12-21)23(29)15-27-25(31)19-3-5-20(6-4-19)26(32)28-16-24(30)18-9-13-22(34-2)14-10-18/h3-14H,15-16H2,1-2H3,(H,27,31)(H,28,32). The smallest absolute Gasteiger partial charge is 0.251 e. The summed E-state index contributed by atoms with van der Waals surface area (Å²) >= 11 is 0. The molecule has 3 aromatic carbocycles. The lowest BCUT2D eigenvalue weighted by molar-refractivity contribution is 0.0901. The molecule has 0 saturated heterocycles. The van der Waals surface area contributed by atoms with Crippen LogP contribution in [0.15, 0.2) is 72.8 Å². The second-order valence-electron chi connectivity index (χ2n) is 7.25. The average molecular weight is 460 g/mol. The van der Waals surface area contributed by atoms with Crippen molar-refractivity contribution < 1.29 is 28.7 Å². The molecule has 0 fully saturated rings. The van der Waals surface area contributed by atoms with E-state index in [1.165, 1.54) is 38.5 Å². The summed E-state index contributed by atoms with van der Waals surface area (Å²) in [5.74, 6) is -0.0984. The van der Waals surface area contributed by atoms with Crippen molar-refractivity contribution in [1.29, 1.82) is 0 Å². The van der Waals surface area contributed by atoms with Crippen molar-refractivity contribution in [1.82, 2.24) is 10.6 Å². The fourth-order valence-electron chi connectivity index (χ4n) is 3.06. The minimum absolute atomic E-state index is 0.166. The molecule has 3 aromatic rings. The lowest BCUT2D eigenvalue weighted by atomic mass is 10.1. The van der Waals surface area contributed by atoms with Gasteiger partial charge in [-0.1, -0.05) is 0 Å². The Hall–Kier alpha value is -4.46. The Morgan fingerprint density at radius 3 is 1.12 bits per heavy atom. The van der Waals surface area contributed by atoms with Crippen molar-refractivity contribution in [2.75, 3.05) is 27.3 Å². The molecular formula is C26H24N2O6. The van der Waals surface area contributed by atoms with Gasteiger partial charge in [0.25, 0.3) is 11.8 Å². The Balaban J connectivity index is 1.49. The molecule has 0 unspecified atom stereocenters. The van der Waals surface area contributed by atoms with Gasteiger partial charge in [0.15, 0.2) is 11.6 Å². The van der Waals surface area contributed by atoms with Crippen LogP contribution in [0.5, 0.6) is 11.5 Å². The third-order valence-corrected chi connectivity index (χ3v) is 5.05. The molecule has 8 nitrogen and oxygen atoms in total. The van der Waals surface area contributed by atoms with Crippen molar-refractivity contribution in [2.45, 2.75) is 0 Å². The maximum Gasteiger partial charge on any atom is 0.251 e. The number of hydrogen-bond acceptors (Lipinski definition) is 6. The van der Waals surface area contributed by atoms with Gasteiger partial charge >= 0.3 is 0 Å². The quantitative estimate of drug-likeness (QED) is 0.450. The number of methoxy groups -OCH3 is 2. The van der Waals surface area contributed by atoms with Crippen LogP contribution in [0.1, 0.15) is 41.4 Å². The van der Waals surface area contributed by atoms with Gasteiger partial charge in [-0.05, 0) is 72.8 Å². The topological polar surface area (TPSA) is 111 Å². The number of ketones is 2. The maximum atomic E-state index is 12.3. The van der Waals surface area contributed by atoms with E-state index in [4.69, 9.17) is 9.47 Å². The van der Waals surface area contributed by atoms with E-state index in [-0.39, 0.29) is 24.7 Å². The summed E-state index contributed by atoms with van der Waals surface area (Å²) in [6.07, 6.45) is 0. The van der Waals surface area contributed by atoms with Crippen LogP contribution in [0.4, 0.5) is 0 Å². The first-order valence-electron chi connectivity index (χ1n) is 10.4. The molecule has 2 amide bonds. The molecule has 3 rings (SSSR count). The van der Waals surface area contributed by atoms with E-state index in [0.29, 0.717) is 33.8 Å². The van der Waals surface area contributed by atoms with Gasteiger partial charge in [-0.15, -0.1) is 0 Å². The third-order valence-electron chi connectivity index (χ3n) is 5.05. The van der Waals surface area contributed by atoms with E-state index >= 15 is 0 Å². The zero-order chi connectivity index (χ0) is 24.5. The lowest BCUT2D eigenvalue weighted by Gasteiger charge is -2.08. The van der Waals surface area contributed by atoms with Crippen molar-refractivity contribution in [3.63, 3.8) is 0 Å². The number of ether oxygens (including phenoxy) is 2. The van der Waals surface area contributed by atoms with E-state index in [9.17, 15) is 19.2 Å². The molecule has 8 heteroatoms. The highest BCUT2D eigenvalue weighted by Gasteiger charge is 2.13. The van der Waals surface area contributed by atoms with Gasteiger partial charge in [0.1, 0.15) is 11.5 Å². The number of rotatable bonds is 10. The molecule has 174 valence electrons. The van der Waals surface area contributed by atoms with Crippen LogP contribution in [-0.4, -0.2) is 50.7 Å². The Labute approximate surface area is 196 Å². The fourth-order valence-corrected chi connectivity index (χ4v) is 3.06. The summed E-state index contributed by atoms with van der Waals surface area (Å²) in [4.78, 5) is 49.2. The SMILES string of the molecule is COc1ccc(C(=O)CNC(=O)c2ccc(C(=O)NCC(=O)c3ccc(OC)cc3)cc2)cc1. The summed E-state index contributed by atoms with van der Waals surface area (Å²) in [6, 6.07) is 19.1. The molecule has 0 aromatic heterocycles. The minimum Gasteiger partial charge on any atom is -0.497 e. The van der Waals surface area contributed by atoms with Crippen molar-refractivity contribution >= 4 is 23.4 Å². The Bertz CT molecular complexity index is 1070. The van der Waals surface area contributed by atoms with E-state index in [0.717, 1.165) is 0 Å². The van der Waals surface area contributed by atoms with Crippen LogP contribution in [0.3, 0.4) is 0 Å². The number of benzene rings is 3. The molecule has 0 atom stereocenters. The maximum absolute atomic E-state index is 12.3. The molecule has 0 bridgehead atoms. The van der Waals surface area contributed by atoms with Gasteiger partial charge in [0, 0.05) is 22.3 Å². The number of Topliss-reactive ketones (excluding diaryl/α,β-unsaturated/α-hetero) is 2. The molecule has 2 N–H and O–H groups in total. The molecule has 0 aliphatic heterocycles. The van der Waals surface area contributed by atoms with Crippen LogP contribution in [0, 0.1) is 0 Å². The zero-order valence-corrected chi connectivity index (χ0v) is 18.8. The average Bonchev–Trinajstić information content (AvgIpc) is 2.90. The Morgan fingerprint density at radius 2 is 0.824 bits per heavy atom. The highest BCUT2D eigenvalue weighted by Crippen LogP contribution is 2.13. The van der Waals surface area contributed by atoms with Gasteiger partial charge < -0.3 is 20.1 Å². The van der Waals surface area contributed by atoms with Gasteiger partial charge in [0.2, 0.25) is 0 Å². The van der Waals surface area contributed by atoms with Crippen LogP contribution >= 0.6 is 0 Å². The normalized spacial score (nSPS) is 10.2. The molecule has 34 heavy (non-hydrogen) atoms. The predicted octanol–water partition coefficient (Wildman–Crippen LogP) is 2.93. The summed E-state index contributed by atoms with van der Waals surface area (Å²) in [5, 5.41) is 5.13. The Kier molecular flexibility index (Phi) is 8.12. The molecule has 0 saturated carbocycles. The van der Waals surface area contributed by atoms with Gasteiger partial charge in [-0.2, -0.15) is 0 Å². The summed E-state index contributed by atoms with van der Waals surface area (Å²) in [7, 11) is 3.07. The van der Waals surface area contributed by atoms with Gasteiger partial charge in [0.05, 0.1) is 27.3 Å². The molecule has 0 radical (unpaired) electrons. The van der Waals surface area contributed by atoms with E-state index in [2.05, 4.69) is 10.6 Å². The number of amides is 2. The summed E-state index contributed by atoms with van der Waals surface area (Å²) < 4.78 is 10.1. The number of carbonyl (C=O) groups excluding carboxylic acids is 4. The number of nitrogens with one attached hydrogen (secondary N) is 2. The second kappa shape index (κ2) is 11.4. The summed E-state index contributed by atoms with van der Waals surface area (Å²) in [5.41, 5.74) is 1.51. The van der Waals surface area contributed by atoms with Crippen LogP contribution < -0.4 is 20.1 Å². The third kappa shape index (κ3) is 6.29. The van der Waals surface area contributed by atoms with Crippen LogP contribution in [0.25, 0.3) is 0 Å². The monoisotopic (exact) mass is 460 g/mol. The molecule has 0 aliphatic rings. The first-order chi connectivity index (χ1) is 16.4. The van der Waals surface area contributed by atoms with E-state index in [1.807, 2.05) is 0 Å². The van der Waals surface area contributed by atoms with Crippen LogP contribution in [-0.2, 0) is 0 Å². The molecule has 0 heterocycles. The lowest BCUT2D eigenvalue weighted by Crippen LogP contribution is -2.30. The first-order valence-corrected chi connectivity index (χ1v) is 10.4. The molecule has 0 aliphatic carbocycles. The number of carbonyl (C=O) groups is 4. The first kappa shape index (κ1) is 24.2. The van der Waals surface area contributed by atoms with Gasteiger partial charge in [-0.3, -0.25) is 19.2 Å².